The first kappa shape index (κ1) is 20.0. The number of hydrogen-bond acceptors (Lipinski definition) is 4. The van der Waals surface area contributed by atoms with E-state index >= 15 is 0 Å². The number of ether oxygens (including phenoxy) is 2. The number of rotatable bonds is 9. The summed E-state index contributed by atoms with van der Waals surface area (Å²) in [6.45, 7) is -0.583. The van der Waals surface area contributed by atoms with E-state index in [0.717, 1.165) is 5.75 Å². The number of carbonyl (C=O) groups is 1. The molecule has 7 heteroatoms. The number of nitrogens with one attached hydrogen (secondary N) is 1. The van der Waals surface area contributed by atoms with E-state index in [2.05, 4.69) is 34.3 Å². The van der Waals surface area contributed by atoms with Crippen LogP contribution in [0.3, 0.4) is 0 Å². The maximum atomic E-state index is 12.6. The Hall–Kier alpha value is -2.28. The summed E-state index contributed by atoms with van der Waals surface area (Å²) in [5.74, 6) is 0.904. The predicted molar refractivity (Wildman–Crippen MR) is 99.3 cm³/mol. The van der Waals surface area contributed by atoms with E-state index in [0.29, 0.717) is 12.3 Å². The molecule has 0 saturated heterocycles. The van der Waals surface area contributed by atoms with Crippen molar-refractivity contribution in [2.75, 3.05) is 19.4 Å². The SMILES string of the molecule is COc1cccc(C(=O)NCCSCc2ccc(C)cc2)c1OC(F)F. The summed E-state index contributed by atoms with van der Waals surface area (Å²) in [6, 6.07) is 12.7. The lowest BCUT2D eigenvalue weighted by molar-refractivity contribution is -0.0515. The summed E-state index contributed by atoms with van der Waals surface area (Å²) in [4.78, 5) is 12.3. The molecule has 0 aliphatic rings. The molecular weight excluding hydrogens is 360 g/mol. The van der Waals surface area contributed by atoms with E-state index in [1.807, 2.05) is 6.92 Å². The maximum absolute atomic E-state index is 12.6. The third-order valence-corrected chi connectivity index (χ3v) is 4.60. The largest absolute Gasteiger partial charge is 0.493 e. The van der Waals surface area contributed by atoms with Gasteiger partial charge in [0, 0.05) is 18.1 Å². The van der Waals surface area contributed by atoms with Crippen LogP contribution in [-0.4, -0.2) is 31.9 Å². The van der Waals surface area contributed by atoms with E-state index in [-0.39, 0.29) is 17.1 Å². The Bertz CT molecular complexity index is 723. The van der Waals surface area contributed by atoms with Crippen LogP contribution in [0, 0.1) is 6.92 Å². The molecule has 1 N–H and O–H groups in total. The number of carbonyl (C=O) groups excluding carboxylic acids is 1. The molecule has 0 aromatic heterocycles. The molecule has 0 aliphatic carbocycles. The average molecular weight is 381 g/mol. The third-order valence-electron chi connectivity index (χ3n) is 3.57. The lowest BCUT2D eigenvalue weighted by atomic mass is 10.1. The zero-order valence-corrected chi connectivity index (χ0v) is 15.4. The van der Waals surface area contributed by atoms with Gasteiger partial charge in [0.05, 0.1) is 12.7 Å². The monoisotopic (exact) mass is 381 g/mol. The second-order valence-corrected chi connectivity index (χ2v) is 6.61. The summed E-state index contributed by atoms with van der Waals surface area (Å²) in [7, 11) is 1.33. The van der Waals surface area contributed by atoms with Crippen LogP contribution in [0.15, 0.2) is 42.5 Å². The molecule has 0 aliphatic heterocycles. The highest BCUT2D eigenvalue weighted by Crippen LogP contribution is 2.32. The minimum Gasteiger partial charge on any atom is -0.493 e. The van der Waals surface area contributed by atoms with Gasteiger partial charge in [-0.15, -0.1) is 0 Å². The Kier molecular flexibility index (Phi) is 7.72. The van der Waals surface area contributed by atoms with Gasteiger partial charge in [-0.25, -0.2) is 0 Å². The van der Waals surface area contributed by atoms with Gasteiger partial charge >= 0.3 is 6.61 Å². The molecule has 0 radical (unpaired) electrons. The zero-order chi connectivity index (χ0) is 18.9. The Morgan fingerprint density at radius 2 is 1.92 bits per heavy atom. The Labute approximate surface area is 155 Å². The highest BCUT2D eigenvalue weighted by atomic mass is 32.2. The van der Waals surface area contributed by atoms with Crippen molar-refractivity contribution in [2.45, 2.75) is 19.3 Å². The second kappa shape index (κ2) is 10.0. The predicted octanol–water partition coefficient (Wildman–Crippen LogP) is 4.27. The quantitative estimate of drug-likeness (QED) is 0.659. The maximum Gasteiger partial charge on any atom is 0.387 e. The van der Waals surface area contributed by atoms with Crippen LogP contribution in [-0.2, 0) is 5.75 Å². The van der Waals surface area contributed by atoms with Crippen LogP contribution < -0.4 is 14.8 Å². The van der Waals surface area contributed by atoms with E-state index in [1.165, 1.54) is 30.4 Å². The first-order valence-corrected chi connectivity index (χ1v) is 9.20. The van der Waals surface area contributed by atoms with Crippen molar-refractivity contribution in [1.82, 2.24) is 5.32 Å². The molecule has 0 heterocycles. The van der Waals surface area contributed by atoms with Crippen LogP contribution in [0.5, 0.6) is 11.5 Å². The number of benzene rings is 2. The van der Waals surface area contributed by atoms with Crippen LogP contribution in [0.25, 0.3) is 0 Å². The van der Waals surface area contributed by atoms with Gasteiger partial charge < -0.3 is 14.8 Å². The molecule has 0 fully saturated rings. The van der Waals surface area contributed by atoms with Crippen LogP contribution >= 0.6 is 11.8 Å². The van der Waals surface area contributed by atoms with Gasteiger partial charge in [-0.1, -0.05) is 35.9 Å². The molecule has 2 rings (SSSR count). The van der Waals surface area contributed by atoms with Gasteiger partial charge in [0.2, 0.25) is 0 Å². The molecule has 26 heavy (non-hydrogen) atoms. The van der Waals surface area contributed by atoms with Gasteiger partial charge in [-0.05, 0) is 24.6 Å². The number of aryl methyl sites for hydroxylation is 1. The molecule has 0 bridgehead atoms. The average Bonchev–Trinajstić information content (AvgIpc) is 2.62. The molecule has 0 saturated carbocycles. The second-order valence-electron chi connectivity index (χ2n) is 5.51. The highest BCUT2D eigenvalue weighted by Gasteiger charge is 2.19. The van der Waals surface area contributed by atoms with Crippen molar-refractivity contribution in [3.05, 3.63) is 59.2 Å². The van der Waals surface area contributed by atoms with Crippen molar-refractivity contribution >= 4 is 17.7 Å². The van der Waals surface area contributed by atoms with Crippen molar-refractivity contribution < 1.29 is 23.0 Å². The fourth-order valence-corrected chi connectivity index (χ4v) is 3.09. The zero-order valence-electron chi connectivity index (χ0n) is 14.6. The number of hydrogen-bond donors (Lipinski definition) is 1. The van der Waals surface area contributed by atoms with Crippen LogP contribution in [0.4, 0.5) is 8.78 Å². The molecule has 1 amide bonds. The van der Waals surface area contributed by atoms with Crippen molar-refractivity contribution in [3.63, 3.8) is 0 Å². The summed E-state index contributed by atoms with van der Waals surface area (Å²) in [6.07, 6.45) is 0. The van der Waals surface area contributed by atoms with E-state index in [9.17, 15) is 13.6 Å². The summed E-state index contributed by atoms with van der Waals surface area (Å²) in [5, 5.41) is 2.72. The minimum absolute atomic E-state index is 0.0215. The number of halogens is 2. The summed E-state index contributed by atoms with van der Waals surface area (Å²) >= 11 is 1.68. The molecule has 0 atom stereocenters. The summed E-state index contributed by atoms with van der Waals surface area (Å²) < 4.78 is 34.7. The standard InChI is InChI=1S/C19H21F2NO3S/c1-13-6-8-14(9-7-13)12-26-11-10-22-18(23)15-4-3-5-16(24-2)17(15)25-19(20)21/h3-9,19H,10-12H2,1-2H3,(H,22,23). The number of methoxy groups -OCH3 is 1. The lowest BCUT2D eigenvalue weighted by Gasteiger charge is -2.14. The molecule has 0 spiro atoms. The van der Waals surface area contributed by atoms with Crippen molar-refractivity contribution in [1.29, 1.82) is 0 Å². The van der Waals surface area contributed by atoms with E-state index in [4.69, 9.17) is 4.74 Å². The third kappa shape index (κ3) is 5.91. The molecule has 4 nitrogen and oxygen atoms in total. The van der Waals surface area contributed by atoms with Gasteiger partial charge in [0.25, 0.3) is 5.91 Å². The molecule has 0 unspecified atom stereocenters. The summed E-state index contributed by atoms with van der Waals surface area (Å²) in [5.41, 5.74) is 2.45. The van der Waals surface area contributed by atoms with E-state index in [1.54, 1.807) is 17.8 Å². The normalized spacial score (nSPS) is 10.7. The molecule has 2 aromatic carbocycles. The molecule has 140 valence electrons. The smallest absolute Gasteiger partial charge is 0.387 e. The minimum atomic E-state index is -3.04. The topological polar surface area (TPSA) is 47.6 Å². The number of amides is 1. The van der Waals surface area contributed by atoms with Crippen molar-refractivity contribution in [3.8, 4) is 11.5 Å². The number of alkyl halides is 2. The molecule has 2 aromatic rings. The van der Waals surface area contributed by atoms with E-state index < -0.39 is 12.5 Å². The molecular formula is C19H21F2NO3S. The van der Waals surface area contributed by atoms with Gasteiger partial charge in [-0.3, -0.25) is 4.79 Å². The Morgan fingerprint density at radius 3 is 2.58 bits per heavy atom. The Balaban J connectivity index is 1.86. The van der Waals surface area contributed by atoms with Gasteiger partial charge in [-0.2, -0.15) is 20.5 Å². The highest BCUT2D eigenvalue weighted by molar-refractivity contribution is 7.98. The fourth-order valence-electron chi connectivity index (χ4n) is 2.27. The fraction of sp³-hybridized carbons (Fsp3) is 0.316. The van der Waals surface area contributed by atoms with Crippen molar-refractivity contribution in [2.24, 2.45) is 0 Å². The lowest BCUT2D eigenvalue weighted by Crippen LogP contribution is -2.26. The number of para-hydroxylation sites is 1. The Morgan fingerprint density at radius 1 is 1.19 bits per heavy atom. The van der Waals surface area contributed by atoms with Crippen LogP contribution in [0.1, 0.15) is 21.5 Å². The first-order valence-electron chi connectivity index (χ1n) is 8.04. The first-order chi connectivity index (χ1) is 12.5. The van der Waals surface area contributed by atoms with Crippen LogP contribution in [0.2, 0.25) is 0 Å². The van der Waals surface area contributed by atoms with Gasteiger partial charge in [0.15, 0.2) is 11.5 Å². The number of thioether (sulfide) groups is 1. The van der Waals surface area contributed by atoms with Gasteiger partial charge in [0.1, 0.15) is 0 Å².